The van der Waals surface area contributed by atoms with Gasteiger partial charge >= 0.3 is 0 Å². The zero-order valence-corrected chi connectivity index (χ0v) is 13.6. The molecule has 6 nitrogen and oxygen atoms in total. The summed E-state index contributed by atoms with van der Waals surface area (Å²) >= 11 is 0. The maximum atomic E-state index is 12.6. The summed E-state index contributed by atoms with van der Waals surface area (Å²) in [7, 11) is 0. The molecule has 0 radical (unpaired) electrons. The van der Waals surface area contributed by atoms with Gasteiger partial charge in [0.25, 0.3) is 5.91 Å². The van der Waals surface area contributed by atoms with E-state index < -0.39 is 0 Å². The molecule has 6 heteroatoms. The Hall–Kier alpha value is -2.34. The number of carbonyl (C=O) groups excluding carboxylic acids is 1. The van der Waals surface area contributed by atoms with E-state index in [1.165, 1.54) is 0 Å². The van der Waals surface area contributed by atoms with Crippen molar-refractivity contribution in [3.8, 4) is 0 Å². The molecule has 4 heterocycles. The molecule has 2 aromatic heterocycles. The first kappa shape index (κ1) is 15.2. The smallest absolute Gasteiger partial charge is 0.257 e. The van der Waals surface area contributed by atoms with Crippen LogP contribution in [0, 0.1) is 18.8 Å². The van der Waals surface area contributed by atoms with Gasteiger partial charge in [0, 0.05) is 37.7 Å². The highest BCUT2D eigenvalue weighted by atomic mass is 16.5. The predicted octanol–water partition coefficient (Wildman–Crippen LogP) is 2.18. The molecule has 4 rings (SSSR count). The van der Waals surface area contributed by atoms with Crippen LogP contribution in [0.4, 0.5) is 5.82 Å². The Bertz CT molecular complexity index is 715. The lowest BCUT2D eigenvalue weighted by Crippen LogP contribution is -2.32. The van der Waals surface area contributed by atoms with Crippen LogP contribution in [0.25, 0.3) is 0 Å². The molecule has 2 aliphatic heterocycles. The van der Waals surface area contributed by atoms with E-state index in [0.717, 1.165) is 25.5 Å². The molecule has 0 aromatic carbocycles. The minimum Gasteiger partial charge on any atom is -0.469 e. The monoisotopic (exact) mass is 327 g/mol. The average molecular weight is 327 g/mol. The number of pyridine rings is 1. The molecule has 1 amide bonds. The number of anilines is 1. The first-order valence-corrected chi connectivity index (χ1v) is 8.32. The van der Waals surface area contributed by atoms with Crippen molar-refractivity contribution >= 4 is 11.7 Å². The van der Waals surface area contributed by atoms with E-state index in [1.807, 2.05) is 30.0 Å². The van der Waals surface area contributed by atoms with Gasteiger partial charge < -0.3 is 19.4 Å². The number of nitrogens with zero attached hydrogens (tertiary/aromatic N) is 2. The first-order valence-electron chi connectivity index (χ1n) is 8.32. The van der Waals surface area contributed by atoms with E-state index in [4.69, 9.17) is 9.15 Å². The first-order chi connectivity index (χ1) is 11.7. The van der Waals surface area contributed by atoms with Crippen molar-refractivity contribution in [3.05, 3.63) is 48.0 Å². The second-order valence-electron chi connectivity index (χ2n) is 6.49. The van der Waals surface area contributed by atoms with Crippen molar-refractivity contribution in [1.29, 1.82) is 0 Å². The number of hydrogen-bond acceptors (Lipinski definition) is 5. The van der Waals surface area contributed by atoms with E-state index in [2.05, 4.69) is 10.3 Å². The lowest BCUT2D eigenvalue weighted by Gasteiger charge is -2.20. The number of aromatic nitrogens is 1. The molecular weight excluding hydrogens is 306 g/mol. The van der Waals surface area contributed by atoms with Crippen molar-refractivity contribution in [1.82, 2.24) is 9.88 Å². The molecule has 0 aliphatic carbocycles. The standard InChI is InChI=1S/C18H21N3O3/c1-12-14(5-7-23-12)18(22)21-9-15-13(11-24-16(15)10-21)8-20-17-4-2-3-6-19-17/h2-7,13,15-16H,8-11H2,1H3,(H,19,20)/t13-,15-,16-/m0/s1. The number of ether oxygens (including phenoxy) is 1. The Morgan fingerprint density at radius 3 is 3.04 bits per heavy atom. The fourth-order valence-corrected chi connectivity index (χ4v) is 3.66. The van der Waals surface area contributed by atoms with Crippen LogP contribution in [-0.2, 0) is 4.74 Å². The summed E-state index contributed by atoms with van der Waals surface area (Å²) in [4.78, 5) is 18.8. The van der Waals surface area contributed by atoms with Crippen molar-refractivity contribution < 1.29 is 13.9 Å². The van der Waals surface area contributed by atoms with Gasteiger partial charge in [-0.15, -0.1) is 0 Å². The fourth-order valence-electron chi connectivity index (χ4n) is 3.66. The van der Waals surface area contributed by atoms with Gasteiger partial charge in [0.2, 0.25) is 0 Å². The summed E-state index contributed by atoms with van der Waals surface area (Å²) in [5.41, 5.74) is 0.651. The van der Waals surface area contributed by atoms with E-state index in [1.54, 1.807) is 18.5 Å². The summed E-state index contributed by atoms with van der Waals surface area (Å²) in [5.74, 6) is 2.35. The highest BCUT2D eigenvalue weighted by Gasteiger charge is 2.45. The zero-order valence-electron chi connectivity index (χ0n) is 13.6. The number of carbonyl (C=O) groups is 1. The number of rotatable bonds is 4. The molecule has 0 unspecified atom stereocenters. The van der Waals surface area contributed by atoms with Gasteiger partial charge in [-0.25, -0.2) is 4.98 Å². The Morgan fingerprint density at radius 1 is 1.38 bits per heavy atom. The number of furan rings is 1. The third kappa shape index (κ3) is 2.78. The van der Waals surface area contributed by atoms with Gasteiger partial charge in [-0.1, -0.05) is 6.07 Å². The van der Waals surface area contributed by atoms with Crippen LogP contribution in [-0.4, -0.2) is 48.1 Å². The molecular formula is C18H21N3O3. The quantitative estimate of drug-likeness (QED) is 0.932. The number of fused-ring (bicyclic) bond motifs is 1. The van der Waals surface area contributed by atoms with E-state index in [0.29, 0.717) is 29.7 Å². The molecule has 126 valence electrons. The lowest BCUT2D eigenvalue weighted by atomic mass is 9.93. The highest BCUT2D eigenvalue weighted by molar-refractivity contribution is 5.95. The number of nitrogens with one attached hydrogen (secondary N) is 1. The molecule has 3 atom stereocenters. The van der Waals surface area contributed by atoms with Gasteiger partial charge in [0.15, 0.2) is 0 Å². The van der Waals surface area contributed by atoms with Crippen molar-refractivity contribution in [3.63, 3.8) is 0 Å². The molecule has 2 saturated heterocycles. The number of aryl methyl sites for hydroxylation is 1. The summed E-state index contributed by atoms with van der Waals surface area (Å²) in [6, 6.07) is 7.57. The van der Waals surface area contributed by atoms with Crippen LogP contribution < -0.4 is 5.32 Å². The highest BCUT2D eigenvalue weighted by Crippen LogP contribution is 2.34. The van der Waals surface area contributed by atoms with E-state index in [-0.39, 0.29) is 12.0 Å². The summed E-state index contributed by atoms with van der Waals surface area (Å²) in [6.07, 6.45) is 3.48. The Kier molecular flexibility index (Phi) is 3.98. The average Bonchev–Trinajstić information content (AvgIpc) is 3.29. The molecule has 2 aliphatic rings. The lowest BCUT2D eigenvalue weighted by molar-refractivity contribution is 0.0679. The van der Waals surface area contributed by atoms with Crippen molar-refractivity contribution in [2.45, 2.75) is 13.0 Å². The zero-order chi connectivity index (χ0) is 16.5. The molecule has 1 N–H and O–H groups in total. The minimum atomic E-state index is 0.0377. The maximum absolute atomic E-state index is 12.6. The summed E-state index contributed by atoms with van der Waals surface area (Å²) in [5, 5.41) is 3.37. The molecule has 2 fully saturated rings. The van der Waals surface area contributed by atoms with Crippen LogP contribution in [0.15, 0.2) is 41.1 Å². The Labute approximate surface area is 140 Å². The van der Waals surface area contributed by atoms with Crippen LogP contribution in [0.3, 0.4) is 0 Å². The number of hydrogen-bond donors (Lipinski definition) is 1. The van der Waals surface area contributed by atoms with Crippen LogP contribution >= 0.6 is 0 Å². The molecule has 0 spiro atoms. The predicted molar refractivity (Wildman–Crippen MR) is 88.8 cm³/mol. The van der Waals surface area contributed by atoms with Crippen molar-refractivity contribution in [2.24, 2.45) is 11.8 Å². The molecule has 2 aromatic rings. The summed E-state index contributed by atoms with van der Waals surface area (Å²) < 4.78 is 11.2. The topological polar surface area (TPSA) is 67.6 Å². The SMILES string of the molecule is Cc1occc1C(=O)N1C[C@H]2[C@@H](CNc3ccccn3)CO[C@H]2C1. The Balaban J connectivity index is 1.38. The van der Waals surface area contributed by atoms with Crippen LogP contribution in [0.5, 0.6) is 0 Å². The second kappa shape index (κ2) is 6.28. The van der Waals surface area contributed by atoms with E-state index >= 15 is 0 Å². The summed E-state index contributed by atoms with van der Waals surface area (Å²) in [6.45, 7) is 4.77. The van der Waals surface area contributed by atoms with Gasteiger partial charge in [-0.3, -0.25) is 4.79 Å². The fraction of sp³-hybridized carbons (Fsp3) is 0.444. The van der Waals surface area contributed by atoms with Crippen molar-refractivity contribution in [2.75, 3.05) is 31.6 Å². The Morgan fingerprint density at radius 2 is 2.29 bits per heavy atom. The van der Waals surface area contributed by atoms with Crippen LogP contribution in [0.1, 0.15) is 16.1 Å². The second-order valence-corrected chi connectivity index (χ2v) is 6.49. The molecule has 0 bridgehead atoms. The van der Waals surface area contributed by atoms with Gasteiger partial charge in [-0.05, 0) is 25.1 Å². The third-order valence-electron chi connectivity index (χ3n) is 5.03. The largest absolute Gasteiger partial charge is 0.469 e. The van der Waals surface area contributed by atoms with Gasteiger partial charge in [-0.2, -0.15) is 0 Å². The van der Waals surface area contributed by atoms with Crippen LogP contribution in [0.2, 0.25) is 0 Å². The van der Waals surface area contributed by atoms with E-state index in [9.17, 15) is 4.79 Å². The van der Waals surface area contributed by atoms with Gasteiger partial charge in [0.05, 0.1) is 24.5 Å². The minimum absolute atomic E-state index is 0.0377. The number of amides is 1. The molecule has 0 saturated carbocycles. The third-order valence-corrected chi connectivity index (χ3v) is 5.03. The molecule has 24 heavy (non-hydrogen) atoms. The van der Waals surface area contributed by atoms with Gasteiger partial charge in [0.1, 0.15) is 11.6 Å². The normalized spacial score (nSPS) is 25.7. The maximum Gasteiger partial charge on any atom is 0.257 e. The number of likely N-dealkylation sites (tertiary alicyclic amines) is 1.